The Bertz CT molecular complexity index is 439. The minimum absolute atomic E-state index is 0.136. The highest BCUT2D eigenvalue weighted by atomic mass is 19.1. The first-order valence-electron chi connectivity index (χ1n) is 4.53. The normalized spacial score (nSPS) is 10.2. The molecule has 78 valence electrons. The number of halogens is 1. The molecule has 0 spiro atoms. The van der Waals surface area contributed by atoms with E-state index in [1.165, 1.54) is 6.07 Å². The summed E-state index contributed by atoms with van der Waals surface area (Å²) >= 11 is 0. The maximum absolute atomic E-state index is 13.1. The van der Waals surface area contributed by atoms with Gasteiger partial charge in [0.1, 0.15) is 5.82 Å². The number of rotatable bonds is 3. The molecule has 0 saturated heterocycles. The van der Waals surface area contributed by atoms with Gasteiger partial charge in [0, 0.05) is 6.20 Å². The van der Waals surface area contributed by atoms with Crippen molar-refractivity contribution >= 4 is 11.4 Å². The Morgan fingerprint density at radius 2 is 2.27 bits per heavy atom. The lowest BCUT2D eigenvalue weighted by Crippen LogP contribution is -2.04. The molecule has 5 heteroatoms. The molecule has 1 heterocycles. The van der Waals surface area contributed by atoms with Gasteiger partial charge in [-0.2, -0.15) is 5.10 Å². The molecule has 2 aromatic rings. The highest BCUT2D eigenvalue weighted by molar-refractivity contribution is 5.66. The number of nitrogens with two attached hydrogens (primary N) is 1. The highest BCUT2D eigenvalue weighted by Crippen LogP contribution is 2.21. The summed E-state index contributed by atoms with van der Waals surface area (Å²) in [5, 5.41) is 9.62. The summed E-state index contributed by atoms with van der Waals surface area (Å²) in [6.45, 7) is 0.535. The van der Waals surface area contributed by atoms with Crippen LogP contribution in [0.1, 0.15) is 5.69 Å². The Kier molecular flexibility index (Phi) is 2.53. The minimum atomic E-state index is -0.412. The van der Waals surface area contributed by atoms with Crippen LogP contribution in [0, 0.1) is 5.82 Å². The number of anilines is 2. The van der Waals surface area contributed by atoms with Crippen LogP contribution in [0.3, 0.4) is 0 Å². The average molecular weight is 206 g/mol. The van der Waals surface area contributed by atoms with Gasteiger partial charge in [0.2, 0.25) is 0 Å². The molecule has 2 rings (SSSR count). The second-order valence-electron chi connectivity index (χ2n) is 3.14. The van der Waals surface area contributed by atoms with Crippen LogP contribution in [-0.4, -0.2) is 10.2 Å². The fraction of sp³-hybridized carbons (Fsp3) is 0.100. The van der Waals surface area contributed by atoms with E-state index in [2.05, 4.69) is 15.5 Å². The van der Waals surface area contributed by atoms with Gasteiger partial charge in [-0.3, -0.25) is 5.10 Å². The predicted octanol–water partition coefficient (Wildman–Crippen LogP) is 1.74. The SMILES string of the molecule is Nc1c(F)cccc1NCc1ccn[nH]1. The Balaban J connectivity index is 2.08. The van der Waals surface area contributed by atoms with Crippen LogP contribution in [0.2, 0.25) is 0 Å². The van der Waals surface area contributed by atoms with E-state index in [1.54, 1.807) is 18.3 Å². The molecule has 0 unspecified atom stereocenters. The molecule has 0 aliphatic rings. The molecule has 0 radical (unpaired) electrons. The van der Waals surface area contributed by atoms with Crippen LogP contribution in [-0.2, 0) is 6.54 Å². The third kappa shape index (κ3) is 2.07. The minimum Gasteiger partial charge on any atom is -0.395 e. The molecule has 0 amide bonds. The van der Waals surface area contributed by atoms with E-state index in [0.29, 0.717) is 12.2 Å². The van der Waals surface area contributed by atoms with Gasteiger partial charge in [-0.1, -0.05) is 6.07 Å². The summed E-state index contributed by atoms with van der Waals surface area (Å²) in [6.07, 6.45) is 1.66. The number of aromatic amines is 1. The van der Waals surface area contributed by atoms with Gasteiger partial charge >= 0.3 is 0 Å². The Morgan fingerprint density at radius 3 is 3.00 bits per heavy atom. The summed E-state index contributed by atoms with van der Waals surface area (Å²) in [4.78, 5) is 0. The average Bonchev–Trinajstić information content (AvgIpc) is 2.73. The highest BCUT2D eigenvalue weighted by Gasteiger charge is 2.03. The number of nitrogens with one attached hydrogen (secondary N) is 2. The Labute approximate surface area is 86.3 Å². The van der Waals surface area contributed by atoms with Crippen LogP contribution >= 0.6 is 0 Å². The largest absolute Gasteiger partial charge is 0.395 e. The van der Waals surface area contributed by atoms with Crippen molar-refractivity contribution in [3.8, 4) is 0 Å². The topological polar surface area (TPSA) is 66.7 Å². The van der Waals surface area contributed by atoms with Crippen molar-refractivity contribution in [2.45, 2.75) is 6.54 Å². The lowest BCUT2D eigenvalue weighted by atomic mass is 10.2. The summed E-state index contributed by atoms with van der Waals surface area (Å²) in [6, 6.07) is 6.51. The van der Waals surface area contributed by atoms with Crippen molar-refractivity contribution in [2.24, 2.45) is 0 Å². The van der Waals surface area contributed by atoms with Gasteiger partial charge in [0.15, 0.2) is 0 Å². The third-order valence-electron chi connectivity index (χ3n) is 2.08. The van der Waals surface area contributed by atoms with Crippen molar-refractivity contribution < 1.29 is 4.39 Å². The van der Waals surface area contributed by atoms with Crippen molar-refractivity contribution in [3.63, 3.8) is 0 Å². The zero-order chi connectivity index (χ0) is 10.7. The van der Waals surface area contributed by atoms with E-state index in [9.17, 15) is 4.39 Å². The summed E-state index contributed by atoms with van der Waals surface area (Å²) in [5.74, 6) is -0.412. The standard InChI is InChI=1S/C10H11FN4/c11-8-2-1-3-9(10(8)12)13-6-7-4-5-14-15-7/h1-5,13H,6,12H2,(H,14,15). The lowest BCUT2D eigenvalue weighted by Gasteiger charge is -2.08. The van der Waals surface area contributed by atoms with Crippen LogP contribution in [0.4, 0.5) is 15.8 Å². The Morgan fingerprint density at radius 1 is 1.40 bits per heavy atom. The van der Waals surface area contributed by atoms with E-state index < -0.39 is 5.82 Å². The number of nitrogen functional groups attached to an aromatic ring is 1. The maximum Gasteiger partial charge on any atom is 0.148 e. The fourth-order valence-corrected chi connectivity index (χ4v) is 1.26. The lowest BCUT2D eigenvalue weighted by molar-refractivity contribution is 0.633. The Hall–Kier alpha value is -2.04. The number of para-hydroxylation sites is 1. The number of hydrogen-bond acceptors (Lipinski definition) is 3. The zero-order valence-electron chi connectivity index (χ0n) is 8.00. The molecule has 0 saturated carbocycles. The van der Waals surface area contributed by atoms with Crippen LogP contribution in [0.25, 0.3) is 0 Å². The first kappa shape index (κ1) is 9.51. The van der Waals surface area contributed by atoms with Gasteiger partial charge in [0.25, 0.3) is 0 Å². The quantitative estimate of drug-likeness (QED) is 0.670. The van der Waals surface area contributed by atoms with Gasteiger partial charge in [-0.25, -0.2) is 4.39 Å². The number of benzene rings is 1. The molecule has 0 aliphatic heterocycles. The van der Waals surface area contributed by atoms with Crippen molar-refractivity contribution in [3.05, 3.63) is 42.0 Å². The van der Waals surface area contributed by atoms with Crippen molar-refractivity contribution in [1.29, 1.82) is 0 Å². The molecule has 1 aromatic heterocycles. The first-order valence-corrected chi connectivity index (χ1v) is 4.53. The van der Waals surface area contributed by atoms with Gasteiger partial charge < -0.3 is 11.1 Å². The predicted molar refractivity (Wildman–Crippen MR) is 56.7 cm³/mol. The van der Waals surface area contributed by atoms with Crippen LogP contribution < -0.4 is 11.1 Å². The van der Waals surface area contributed by atoms with Gasteiger partial charge in [-0.15, -0.1) is 0 Å². The number of hydrogen-bond donors (Lipinski definition) is 3. The summed E-state index contributed by atoms with van der Waals surface area (Å²) in [5.41, 5.74) is 7.20. The van der Waals surface area contributed by atoms with Crippen LogP contribution in [0.15, 0.2) is 30.5 Å². The molecule has 0 atom stereocenters. The van der Waals surface area contributed by atoms with Gasteiger partial charge in [-0.05, 0) is 18.2 Å². The van der Waals surface area contributed by atoms with E-state index in [4.69, 9.17) is 5.73 Å². The van der Waals surface area contributed by atoms with E-state index in [1.807, 2.05) is 6.07 Å². The van der Waals surface area contributed by atoms with Crippen molar-refractivity contribution in [2.75, 3.05) is 11.1 Å². The molecular formula is C10H11FN4. The van der Waals surface area contributed by atoms with Gasteiger partial charge in [0.05, 0.1) is 23.6 Å². The molecule has 0 fully saturated rings. The molecule has 0 bridgehead atoms. The van der Waals surface area contributed by atoms with E-state index >= 15 is 0 Å². The van der Waals surface area contributed by atoms with Crippen LogP contribution in [0.5, 0.6) is 0 Å². The fourth-order valence-electron chi connectivity index (χ4n) is 1.26. The van der Waals surface area contributed by atoms with Crippen molar-refractivity contribution in [1.82, 2.24) is 10.2 Å². The first-order chi connectivity index (χ1) is 7.27. The maximum atomic E-state index is 13.1. The second-order valence-corrected chi connectivity index (χ2v) is 3.14. The molecule has 1 aromatic carbocycles. The molecule has 4 nitrogen and oxygen atoms in total. The number of aromatic nitrogens is 2. The smallest absolute Gasteiger partial charge is 0.148 e. The van der Waals surface area contributed by atoms with E-state index in [-0.39, 0.29) is 5.69 Å². The second kappa shape index (κ2) is 4.00. The molecule has 0 aliphatic carbocycles. The monoisotopic (exact) mass is 206 g/mol. The van der Waals surface area contributed by atoms with E-state index in [0.717, 1.165) is 5.69 Å². The summed E-state index contributed by atoms with van der Waals surface area (Å²) < 4.78 is 13.1. The number of nitrogens with zero attached hydrogens (tertiary/aromatic N) is 1. The third-order valence-corrected chi connectivity index (χ3v) is 2.08. The molecular weight excluding hydrogens is 195 g/mol. The molecule has 4 N–H and O–H groups in total. The number of H-pyrrole nitrogens is 1. The zero-order valence-corrected chi connectivity index (χ0v) is 8.00. The molecule has 15 heavy (non-hydrogen) atoms. The summed E-state index contributed by atoms with van der Waals surface area (Å²) in [7, 11) is 0.